The molecule has 0 aromatic heterocycles. The fourth-order valence-electron chi connectivity index (χ4n) is 2.16. The molecule has 1 atom stereocenters. The Bertz CT molecular complexity index is 408. The lowest BCUT2D eigenvalue weighted by atomic mass is 9.99. The van der Waals surface area contributed by atoms with Crippen LogP contribution < -0.4 is 10.6 Å². The molecule has 1 aromatic rings. The molecule has 0 aliphatic carbocycles. The van der Waals surface area contributed by atoms with E-state index < -0.39 is 0 Å². The molecule has 0 bridgehead atoms. The lowest BCUT2D eigenvalue weighted by Crippen LogP contribution is -2.38. The molecule has 1 aromatic carbocycles. The van der Waals surface area contributed by atoms with Gasteiger partial charge in [0.15, 0.2) is 0 Å². The maximum absolute atomic E-state index is 11.8. The summed E-state index contributed by atoms with van der Waals surface area (Å²) in [5.74, 6) is -0.0423. The van der Waals surface area contributed by atoms with Crippen LogP contribution in [0.15, 0.2) is 18.2 Å². The van der Waals surface area contributed by atoms with Crippen molar-refractivity contribution in [2.24, 2.45) is 5.92 Å². The highest BCUT2D eigenvalue weighted by Gasteiger charge is 2.15. The molecule has 1 unspecified atom stereocenters. The molecule has 1 fully saturated rings. The minimum absolute atomic E-state index is 0.112. The van der Waals surface area contributed by atoms with Gasteiger partial charge in [-0.2, -0.15) is 0 Å². The van der Waals surface area contributed by atoms with E-state index in [0.717, 1.165) is 25.9 Å². The van der Waals surface area contributed by atoms with Crippen molar-refractivity contribution in [2.75, 3.05) is 19.6 Å². The number of carbonyl (C=O) groups is 1. The SMILES string of the molecule is O=C(NCC1CCCNC1)c1cc(O)cc(O)c1. The van der Waals surface area contributed by atoms with Crippen LogP contribution in [0, 0.1) is 5.92 Å². The monoisotopic (exact) mass is 250 g/mol. The second kappa shape index (κ2) is 5.73. The number of benzene rings is 1. The van der Waals surface area contributed by atoms with E-state index in [1.807, 2.05) is 0 Å². The number of amides is 1. The number of phenolic OH excluding ortho intramolecular Hbond substituents is 2. The molecule has 1 aliphatic heterocycles. The molecular weight excluding hydrogens is 232 g/mol. The van der Waals surface area contributed by atoms with E-state index in [1.54, 1.807) is 0 Å². The van der Waals surface area contributed by atoms with E-state index in [0.29, 0.717) is 12.5 Å². The van der Waals surface area contributed by atoms with Crippen LogP contribution in [0.3, 0.4) is 0 Å². The normalized spacial score (nSPS) is 19.4. The molecule has 1 aliphatic rings. The van der Waals surface area contributed by atoms with Gasteiger partial charge >= 0.3 is 0 Å². The zero-order valence-corrected chi connectivity index (χ0v) is 10.1. The van der Waals surface area contributed by atoms with E-state index in [9.17, 15) is 15.0 Å². The molecule has 5 heteroatoms. The second-order valence-corrected chi connectivity index (χ2v) is 4.66. The largest absolute Gasteiger partial charge is 0.508 e. The second-order valence-electron chi connectivity index (χ2n) is 4.66. The number of rotatable bonds is 3. The minimum atomic E-state index is -0.272. The van der Waals surface area contributed by atoms with Gasteiger partial charge in [-0.3, -0.25) is 4.79 Å². The fraction of sp³-hybridized carbons (Fsp3) is 0.462. The van der Waals surface area contributed by atoms with Gasteiger partial charge < -0.3 is 20.8 Å². The average molecular weight is 250 g/mol. The van der Waals surface area contributed by atoms with Crippen LogP contribution in [-0.4, -0.2) is 35.8 Å². The number of hydrogen-bond donors (Lipinski definition) is 4. The molecule has 0 radical (unpaired) electrons. The van der Waals surface area contributed by atoms with Crippen LogP contribution in [0.1, 0.15) is 23.2 Å². The maximum Gasteiger partial charge on any atom is 0.251 e. The first kappa shape index (κ1) is 12.7. The molecule has 0 spiro atoms. The molecule has 4 N–H and O–H groups in total. The quantitative estimate of drug-likeness (QED) is 0.640. The third-order valence-corrected chi connectivity index (χ3v) is 3.11. The van der Waals surface area contributed by atoms with Gasteiger partial charge in [0.05, 0.1) is 0 Å². The highest BCUT2D eigenvalue weighted by atomic mass is 16.3. The van der Waals surface area contributed by atoms with Crippen molar-refractivity contribution in [2.45, 2.75) is 12.8 Å². The van der Waals surface area contributed by atoms with Crippen molar-refractivity contribution >= 4 is 5.91 Å². The third kappa shape index (κ3) is 3.37. The average Bonchev–Trinajstić information content (AvgIpc) is 2.36. The van der Waals surface area contributed by atoms with E-state index in [2.05, 4.69) is 10.6 Å². The van der Waals surface area contributed by atoms with Crippen LogP contribution in [0.2, 0.25) is 0 Å². The van der Waals surface area contributed by atoms with Gasteiger partial charge in [-0.1, -0.05) is 0 Å². The Morgan fingerprint density at radius 2 is 2.06 bits per heavy atom. The first-order valence-corrected chi connectivity index (χ1v) is 6.17. The van der Waals surface area contributed by atoms with E-state index >= 15 is 0 Å². The van der Waals surface area contributed by atoms with Gasteiger partial charge in [0.2, 0.25) is 0 Å². The Balaban J connectivity index is 1.90. The summed E-state index contributed by atoms with van der Waals surface area (Å²) in [6.07, 6.45) is 2.24. The van der Waals surface area contributed by atoms with Crippen molar-refractivity contribution in [3.63, 3.8) is 0 Å². The van der Waals surface area contributed by atoms with Gasteiger partial charge in [0.25, 0.3) is 5.91 Å². The van der Waals surface area contributed by atoms with Gasteiger partial charge in [0, 0.05) is 18.2 Å². The third-order valence-electron chi connectivity index (χ3n) is 3.11. The number of phenols is 2. The minimum Gasteiger partial charge on any atom is -0.508 e. The highest BCUT2D eigenvalue weighted by Crippen LogP contribution is 2.20. The number of hydrogen-bond acceptors (Lipinski definition) is 4. The van der Waals surface area contributed by atoms with Crippen molar-refractivity contribution in [3.8, 4) is 11.5 Å². The van der Waals surface area contributed by atoms with Crippen molar-refractivity contribution < 1.29 is 15.0 Å². The van der Waals surface area contributed by atoms with Gasteiger partial charge in [-0.25, -0.2) is 0 Å². The van der Waals surface area contributed by atoms with Gasteiger partial charge in [-0.15, -0.1) is 0 Å². The van der Waals surface area contributed by atoms with E-state index in [4.69, 9.17) is 0 Å². The summed E-state index contributed by atoms with van der Waals surface area (Å²) in [5.41, 5.74) is 0.274. The van der Waals surface area contributed by atoms with E-state index in [-0.39, 0.29) is 23.0 Å². The standard InChI is InChI=1S/C13H18N2O3/c16-11-4-10(5-12(17)6-11)13(18)15-8-9-2-1-3-14-7-9/h4-6,9,14,16-17H,1-3,7-8H2,(H,15,18). The molecule has 1 heterocycles. The summed E-state index contributed by atoms with van der Waals surface area (Å²) in [6.45, 7) is 2.58. The summed E-state index contributed by atoms with van der Waals surface area (Å²) in [6, 6.07) is 3.88. The predicted molar refractivity (Wildman–Crippen MR) is 67.7 cm³/mol. The summed E-state index contributed by atoms with van der Waals surface area (Å²) >= 11 is 0. The van der Waals surface area contributed by atoms with Crippen molar-refractivity contribution in [1.82, 2.24) is 10.6 Å². The van der Waals surface area contributed by atoms with Crippen LogP contribution in [0.25, 0.3) is 0 Å². The maximum atomic E-state index is 11.8. The number of piperidine rings is 1. The Hall–Kier alpha value is -1.75. The van der Waals surface area contributed by atoms with Gasteiger partial charge in [0.1, 0.15) is 11.5 Å². The highest BCUT2D eigenvalue weighted by molar-refractivity contribution is 5.95. The molecule has 5 nitrogen and oxygen atoms in total. The van der Waals surface area contributed by atoms with Crippen LogP contribution >= 0.6 is 0 Å². The first-order valence-electron chi connectivity index (χ1n) is 6.17. The number of nitrogens with one attached hydrogen (secondary N) is 2. The lowest BCUT2D eigenvalue weighted by molar-refractivity contribution is 0.0944. The summed E-state index contributed by atoms with van der Waals surface area (Å²) in [7, 11) is 0. The van der Waals surface area contributed by atoms with Crippen molar-refractivity contribution in [1.29, 1.82) is 0 Å². The molecule has 1 amide bonds. The van der Waals surface area contributed by atoms with Crippen LogP contribution in [-0.2, 0) is 0 Å². The van der Waals surface area contributed by atoms with Crippen LogP contribution in [0.4, 0.5) is 0 Å². The molecule has 0 saturated carbocycles. The first-order chi connectivity index (χ1) is 8.65. The molecule has 2 rings (SSSR count). The Morgan fingerprint density at radius 1 is 1.33 bits per heavy atom. The van der Waals surface area contributed by atoms with Crippen molar-refractivity contribution in [3.05, 3.63) is 23.8 Å². The number of aromatic hydroxyl groups is 2. The Morgan fingerprint density at radius 3 is 2.67 bits per heavy atom. The summed E-state index contributed by atoms with van der Waals surface area (Å²) in [4.78, 5) is 11.8. The van der Waals surface area contributed by atoms with E-state index in [1.165, 1.54) is 18.2 Å². The zero-order valence-electron chi connectivity index (χ0n) is 10.1. The lowest BCUT2D eigenvalue weighted by Gasteiger charge is -2.22. The molecule has 98 valence electrons. The van der Waals surface area contributed by atoms with Gasteiger partial charge in [-0.05, 0) is 44.0 Å². The summed E-state index contributed by atoms with van der Waals surface area (Å²) < 4.78 is 0. The Labute approximate surface area is 106 Å². The smallest absolute Gasteiger partial charge is 0.251 e. The Kier molecular flexibility index (Phi) is 4.04. The summed E-state index contributed by atoms with van der Waals surface area (Å²) in [5, 5.41) is 24.7. The number of carbonyl (C=O) groups excluding carboxylic acids is 1. The molecular formula is C13H18N2O3. The topological polar surface area (TPSA) is 81.6 Å². The predicted octanol–water partition coefficient (Wildman–Crippen LogP) is 0.827. The molecule has 18 heavy (non-hydrogen) atoms. The zero-order chi connectivity index (χ0) is 13.0. The van der Waals surface area contributed by atoms with Crippen LogP contribution in [0.5, 0.6) is 11.5 Å². The fourth-order valence-corrected chi connectivity index (χ4v) is 2.16. The molecule has 1 saturated heterocycles.